The summed E-state index contributed by atoms with van der Waals surface area (Å²) in [6, 6.07) is 6.01. The zero-order chi connectivity index (χ0) is 12.5. The SMILES string of the molecule is CCCCNCc1cccc(OC)c1OCC. The second-order valence-electron chi connectivity index (χ2n) is 3.91. The summed E-state index contributed by atoms with van der Waals surface area (Å²) in [7, 11) is 1.67. The van der Waals surface area contributed by atoms with Crippen molar-refractivity contribution in [1.29, 1.82) is 0 Å². The zero-order valence-electron chi connectivity index (χ0n) is 11.1. The number of nitrogens with one attached hydrogen (secondary N) is 1. The third-order valence-corrected chi connectivity index (χ3v) is 2.59. The van der Waals surface area contributed by atoms with Crippen molar-refractivity contribution in [1.82, 2.24) is 5.32 Å². The number of methoxy groups -OCH3 is 1. The molecule has 0 bridgehead atoms. The van der Waals surface area contributed by atoms with Crippen molar-refractivity contribution < 1.29 is 9.47 Å². The van der Waals surface area contributed by atoms with Crippen LogP contribution in [0.3, 0.4) is 0 Å². The van der Waals surface area contributed by atoms with E-state index < -0.39 is 0 Å². The highest BCUT2D eigenvalue weighted by atomic mass is 16.5. The largest absolute Gasteiger partial charge is 0.493 e. The fraction of sp³-hybridized carbons (Fsp3) is 0.571. The number of hydrogen-bond acceptors (Lipinski definition) is 3. The van der Waals surface area contributed by atoms with Gasteiger partial charge in [0.25, 0.3) is 0 Å². The average molecular weight is 237 g/mol. The molecule has 3 heteroatoms. The van der Waals surface area contributed by atoms with Crippen LogP contribution in [0.4, 0.5) is 0 Å². The minimum absolute atomic E-state index is 0.655. The smallest absolute Gasteiger partial charge is 0.165 e. The van der Waals surface area contributed by atoms with Gasteiger partial charge in [-0.25, -0.2) is 0 Å². The number of hydrogen-bond donors (Lipinski definition) is 1. The van der Waals surface area contributed by atoms with Crippen LogP contribution in [0.5, 0.6) is 11.5 Å². The maximum atomic E-state index is 5.65. The van der Waals surface area contributed by atoms with Gasteiger partial charge in [0.1, 0.15) is 0 Å². The zero-order valence-corrected chi connectivity index (χ0v) is 11.1. The Morgan fingerprint density at radius 2 is 2.06 bits per heavy atom. The molecule has 0 heterocycles. The molecular weight excluding hydrogens is 214 g/mol. The normalized spacial score (nSPS) is 10.3. The molecule has 1 N–H and O–H groups in total. The van der Waals surface area contributed by atoms with Gasteiger partial charge in [-0.05, 0) is 26.0 Å². The standard InChI is InChI=1S/C14H23NO2/c1-4-6-10-15-11-12-8-7-9-13(16-3)14(12)17-5-2/h7-9,15H,4-6,10-11H2,1-3H3. The van der Waals surface area contributed by atoms with Crippen molar-refractivity contribution in [3.8, 4) is 11.5 Å². The van der Waals surface area contributed by atoms with Gasteiger partial charge in [-0.1, -0.05) is 25.5 Å². The lowest BCUT2D eigenvalue weighted by atomic mass is 10.2. The summed E-state index contributed by atoms with van der Waals surface area (Å²) in [5, 5.41) is 3.42. The quantitative estimate of drug-likeness (QED) is 0.705. The van der Waals surface area contributed by atoms with Crippen LogP contribution < -0.4 is 14.8 Å². The third kappa shape index (κ3) is 4.27. The minimum Gasteiger partial charge on any atom is -0.493 e. The van der Waals surface area contributed by atoms with E-state index in [0.717, 1.165) is 30.2 Å². The number of benzene rings is 1. The monoisotopic (exact) mass is 237 g/mol. The third-order valence-electron chi connectivity index (χ3n) is 2.59. The molecule has 0 aliphatic rings. The molecule has 96 valence electrons. The van der Waals surface area contributed by atoms with Gasteiger partial charge < -0.3 is 14.8 Å². The molecule has 0 amide bonds. The number of para-hydroxylation sites is 1. The van der Waals surface area contributed by atoms with Crippen molar-refractivity contribution in [2.75, 3.05) is 20.3 Å². The highest BCUT2D eigenvalue weighted by Gasteiger charge is 2.09. The van der Waals surface area contributed by atoms with Crippen LogP contribution in [-0.2, 0) is 6.54 Å². The summed E-state index contributed by atoms with van der Waals surface area (Å²) in [6.07, 6.45) is 2.41. The lowest BCUT2D eigenvalue weighted by Crippen LogP contribution is -2.15. The fourth-order valence-corrected chi connectivity index (χ4v) is 1.69. The van der Waals surface area contributed by atoms with Gasteiger partial charge in [-0.2, -0.15) is 0 Å². The Bertz CT molecular complexity index is 326. The molecule has 1 rings (SSSR count). The molecule has 0 fully saturated rings. The van der Waals surface area contributed by atoms with Crippen LogP contribution in [0.2, 0.25) is 0 Å². The first-order valence-corrected chi connectivity index (χ1v) is 6.32. The van der Waals surface area contributed by atoms with E-state index in [4.69, 9.17) is 9.47 Å². The lowest BCUT2D eigenvalue weighted by Gasteiger charge is -2.14. The summed E-state index contributed by atoms with van der Waals surface area (Å²) < 4.78 is 11.0. The number of unbranched alkanes of at least 4 members (excludes halogenated alkanes) is 1. The van der Waals surface area contributed by atoms with Crippen molar-refractivity contribution in [3.05, 3.63) is 23.8 Å². The highest BCUT2D eigenvalue weighted by Crippen LogP contribution is 2.30. The Morgan fingerprint density at radius 1 is 1.24 bits per heavy atom. The van der Waals surface area contributed by atoms with E-state index in [-0.39, 0.29) is 0 Å². The van der Waals surface area contributed by atoms with Crippen molar-refractivity contribution in [2.24, 2.45) is 0 Å². The van der Waals surface area contributed by atoms with Gasteiger partial charge in [0.2, 0.25) is 0 Å². The van der Waals surface area contributed by atoms with E-state index in [2.05, 4.69) is 18.3 Å². The molecule has 0 aliphatic heterocycles. The topological polar surface area (TPSA) is 30.5 Å². The summed E-state index contributed by atoms with van der Waals surface area (Å²) in [5.74, 6) is 1.67. The van der Waals surface area contributed by atoms with Crippen molar-refractivity contribution >= 4 is 0 Å². The first kappa shape index (κ1) is 13.8. The molecule has 0 radical (unpaired) electrons. The summed E-state index contributed by atoms with van der Waals surface area (Å²) >= 11 is 0. The molecule has 3 nitrogen and oxygen atoms in total. The van der Waals surface area contributed by atoms with Crippen LogP contribution in [-0.4, -0.2) is 20.3 Å². The van der Waals surface area contributed by atoms with Crippen molar-refractivity contribution in [3.63, 3.8) is 0 Å². The van der Waals surface area contributed by atoms with Crippen LogP contribution in [0.15, 0.2) is 18.2 Å². The van der Waals surface area contributed by atoms with E-state index in [1.807, 2.05) is 19.1 Å². The molecule has 0 atom stereocenters. The van der Waals surface area contributed by atoms with Gasteiger partial charge >= 0.3 is 0 Å². The van der Waals surface area contributed by atoms with E-state index >= 15 is 0 Å². The van der Waals surface area contributed by atoms with E-state index in [9.17, 15) is 0 Å². The predicted molar refractivity (Wildman–Crippen MR) is 70.8 cm³/mol. The Balaban J connectivity index is 2.68. The molecule has 0 saturated carbocycles. The Labute approximate surface area is 104 Å². The Morgan fingerprint density at radius 3 is 2.71 bits per heavy atom. The van der Waals surface area contributed by atoms with Crippen LogP contribution in [0.1, 0.15) is 32.3 Å². The molecule has 1 aromatic rings. The van der Waals surface area contributed by atoms with E-state index in [1.165, 1.54) is 12.8 Å². The molecule has 17 heavy (non-hydrogen) atoms. The maximum absolute atomic E-state index is 5.65. The maximum Gasteiger partial charge on any atom is 0.165 e. The van der Waals surface area contributed by atoms with Crippen LogP contribution >= 0.6 is 0 Å². The van der Waals surface area contributed by atoms with Gasteiger partial charge in [0.05, 0.1) is 13.7 Å². The molecule has 0 aliphatic carbocycles. The van der Waals surface area contributed by atoms with Gasteiger partial charge in [-0.3, -0.25) is 0 Å². The Hall–Kier alpha value is -1.22. The minimum atomic E-state index is 0.655. The molecule has 0 unspecified atom stereocenters. The molecule has 0 saturated heterocycles. The lowest BCUT2D eigenvalue weighted by molar-refractivity contribution is 0.307. The second-order valence-corrected chi connectivity index (χ2v) is 3.91. The fourth-order valence-electron chi connectivity index (χ4n) is 1.69. The predicted octanol–water partition coefficient (Wildman–Crippen LogP) is 2.98. The van der Waals surface area contributed by atoms with E-state index in [1.54, 1.807) is 7.11 Å². The second kappa shape index (κ2) is 7.96. The summed E-state index contributed by atoms with van der Waals surface area (Å²) in [6.45, 7) is 6.70. The number of ether oxygens (including phenoxy) is 2. The Kier molecular flexibility index (Phi) is 6.48. The molecule has 0 aromatic heterocycles. The summed E-state index contributed by atoms with van der Waals surface area (Å²) in [5.41, 5.74) is 1.15. The first-order chi connectivity index (χ1) is 8.33. The van der Waals surface area contributed by atoms with Gasteiger partial charge in [0, 0.05) is 12.1 Å². The molecule has 1 aromatic carbocycles. The molecular formula is C14H23NO2. The first-order valence-electron chi connectivity index (χ1n) is 6.32. The van der Waals surface area contributed by atoms with E-state index in [0.29, 0.717) is 6.61 Å². The molecule has 0 spiro atoms. The highest BCUT2D eigenvalue weighted by molar-refractivity contribution is 5.46. The van der Waals surface area contributed by atoms with Crippen LogP contribution in [0.25, 0.3) is 0 Å². The van der Waals surface area contributed by atoms with Gasteiger partial charge in [-0.15, -0.1) is 0 Å². The number of rotatable bonds is 8. The van der Waals surface area contributed by atoms with Gasteiger partial charge in [0.15, 0.2) is 11.5 Å². The van der Waals surface area contributed by atoms with Crippen LogP contribution in [0, 0.1) is 0 Å². The average Bonchev–Trinajstić information content (AvgIpc) is 2.36. The summed E-state index contributed by atoms with van der Waals surface area (Å²) in [4.78, 5) is 0. The van der Waals surface area contributed by atoms with Crippen molar-refractivity contribution in [2.45, 2.75) is 33.2 Å².